The van der Waals surface area contributed by atoms with Crippen molar-refractivity contribution in [2.45, 2.75) is 114 Å². The van der Waals surface area contributed by atoms with Crippen LogP contribution in [0.25, 0.3) is 0 Å². The molecular weight excluding hydrogens is 456 g/mol. The number of rotatable bonds is 9. The van der Waals surface area contributed by atoms with E-state index in [9.17, 15) is 0 Å². The Morgan fingerprint density at radius 2 is 0.794 bits per heavy atom. The van der Waals surface area contributed by atoms with E-state index in [1.54, 1.807) is 0 Å². The Labute approximate surface area is 217 Å². The Balaban J connectivity index is 0.814. The van der Waals surface area contributed by atoms with Crippen molar-refractivity contribution in [3.8, 4) is 0 Å². The molecule has 0 unspecified atom stereocenters. The van der Waals surface area contributed by atoms with E-state index in [1.807, 2.05) is 0 Å². The van der Waals surface area contributed by atoms with Crippen molar-refractivity contribution in [2.24, 2.45) is 35.5 Å². The van der Waals surface area contributed by atoms with Gasteiger partial charge in [-0.2, -0.15) is 0 Å². The number of hydrogen-bond acceptors (Lipinski definition) is 2. The molecule has 190 valence electrons. The highest BCUT2D eigenvalue weighted by molar-refractivity contribution is 7.80. The molecule has 0 radical (unpaired) electrons. The summed E-state index contributed by atoms with van der Waals surface area (Å²) in [7, 11) is 0. The molecule has 0 aromatic carbocycles. The van der Waals surface area contributed by atoms with Gasteiger partial charge in [0.25, 0.3) is 0 Å². The van der Waals surface area contributed by atoms with Crippen molar-refractivity contribution in [1.29, 1.82) is 0 Å². The van der Waals surface area contributed by atoms with Crippen LogP contribution in [0, 0.1) is 35.5 Å². The number of nitrogens with one attached hydrogen (secondary N) is 4. The van der Waals surface area contributed by atoms with E-state index in [4.69, 9.17) is 24.4 Å². The zero-order valence-corrected chi connectivity index (χ0v) is 22.6. The predicted octanol–water partition coefficient (Wildman–Crippen LogP) is 5.41. The third-order valence-electron chi connectivity index (χ3n) is 10.5. The van der Waals surface area contributed by atoms with Crippen molar-refractivity contribution in [2.75, 3.05) is 13.1 Å². The fourth-order valence-corrected chi connectivity index (χ4v) is 10.7. The molecule has 0 spiro atoms. The van der Waals surface area contributed by atoms with Crippen molar-refractivity contribution >= 4 is 34.7 Å². The highest BCUT2D eigenvalue weighted by Crippen LogP contribution is 2.56. The molecule has 8 rings (SSSR count). The summed E-state index contributed by atoms with van der Waals surface area (Å²) >= 11 is 11.4. The monoisotopic (exact) mass is 502 g/mol. The topological polar surface area (TPSA) is 48.1 Å². The Hall–Kier alpha value is -0.620. The maximum atomic E-state index is 5.69. The Kier molecular flexibility index (Phi) is 6.77. The molecule has 0 aromatic heterocycles. The largest absolute Gasteiger partial charge is 0.363 e. The number of hydrogen-bond donors (Lipinski definition) is 4. The fourth-order valence-electron chi connectivity index (χ4n) is 10.1. The molecule has 6 heteroatoms. The van der Waals surface area contributed by atoms with Crippen molar-refractivity contribution in [3.63, 3.8) is 0 Å². The molecule has 4 N–H and O–H groups in total. The number of thiocarbonyl (C=S) groups is 2. The number of unbranched alkanes of at least 4 members (excludes halogenated alkanes) is 3. The van der Waals surface area contributed by atoms with E-state index in [0.29, 0.717) is 11.1 Å². The van der Waals surface area contributed by atoms with Gasteiger partial charge in [0.2, 0.25) is 0 Å². The molecule has 8 aliphatic carbocycles. The summed E-state index contributed by atoms with van der Waals surface area (Å²) in [6, 6.07) is 0. The quantitative estimate of drug-likeness (QED) is 0.250. The van der Waals surface area contributed by atoms with E-state index in [2.05, 4.69) is 21.3 Å². The maximum Gasteiger partial charge on any atom is 0.166 e. The lowest BCUT2D eigenvalue weighted by Gasteiger charge is -2.57. The molecule has 0 saturated heterocycles. The van der Waals surface area contributed by atoms with Gasteiger partial charge in [0, 0.05) is 24.2 Å². The lowest BCUT2D eigenvalue weighted by atomic mass is 9.53. The summed E-state index contributed by atoms with van der Waals surface area (Å²) in [5, 5.41) is 16.4. The van der Waals surface area contributed by atoms with Crippen LogP contribution >= 0.6 is 24.4 Å². The molecule has 8 fully saturated rings. The Bertz CT molecular complexity index is 646. The average Bonchev–Trinajstić information content (AvgIpc) is 2.73. The first kappa shape index (κ1) is 23.8. The third-order valence-corrected chi connectivity index (χ3v) is 11.0. The first-order valence-corrected chi connectivity index (χ1v) is 15.4. The highest BCUT2D eigenvalue weighted by Gasteiger charge is 2.52. The van der Waals surface area contributed by atoms with Crippen molar-refractivity contribution < 1.29 is 0 Å². The first-order valence-electron chi connectivity index (χ1n) is 14.6. The van der Waals surface area contributed by atoms with Crippen molar-refractivity contribution in [3.05, 3.63) is 0 Å². The predicted molar refractivity (Wildman–Crippen MR) is 148 cm³/mol. The normalized spacial score (nSPS) is 43.1. The second-order valence-electron chi connectivity index (χ2n) is 13.6. The zero-order chi connectivity index (χ0) is 23.2. The highest BCUT2D eigenvalue weighted by atomic mass is 32.1. The van der Waals surface area contributed by atoms with Crippen molar-refractivity contribution in [1.82, 2.24) is 21.3 Å². The van der Waals surface area contributed by atoms with E-state index < -0.39 is 0 Å². The minimum absolute atomic E-state index is 0.327. The molecule has 8 aliphatic rings. The van der Waals surface area contributed by atoms with Crippen LogP contribution in [-0.4, -0.2) is 34.4 Å². The molecule has 0 aromatic rings. The van der Waals surface area contributed by atoms with Gasteiger partial charge in [-0.1, -0.05) is 12.8 Å². The summed E-state index contributed by atoms with van der Waals surface area (Å²) in [6.45, 7) is 2.00. The van der Waals surface area contributed by atoms with E-state index in [1.165, 1.54) is 103 Å². The summed E-state index contributed by atoms with van der Waals surface area (Å²) < 4.78 is 0. The molecule has 0 heterocycles. The first-order chi connectivity index (χ1) is 16.5. The van der Waals surface area contributed by atoms with Gasteiger partial charge in [0.05, 0.1) is 0 Å². The minimum atomic E-state index is 0.327. The van der Waals surface area contributed by atoms with Crippen LogP contribution in [0.5, 0.6) is 0 Å². The van der Waals surface area contributed by atoms with E-state index >= 15 is 0 Å². The van der Waals surface area contributed by atoms with Crippen LogP contribution in [0.15, 0.2) is 0 Å². The lowest BCUT2D eigenvalue weighted by Crippen LogP contribution is -2.61. The van der Waals surface area contributed by atoms with Crippen LogP contribution in [0.3, 0.4) is 0 Å². The zero-order valence-electron chi connectivity index (χ0n) is 21.0. The van der Waals surface area contributed by atoms with Gasteiger partial charge in [-0.25, -0.2) is 0 Å². The second kappa shape index (κ2) is 9.68. The van der Waals surface area contributed by atoms with E-state index in [-0.39, 0.29) is 0 Å². The molecule has 4 nitrogen and oxygen atoms in total. The van der Waals surface area contributed by atoms with Gasteiger partial charge in [0.1, 0.15) is 0 Å². The minimum Gasteiger partial charge on any atom is -0.363 e. The van der Waals surface area contributed by atoms with Gasteiger partial charge in [-0.05, 0) is 150 Å². The average molecular weight is 503 g/mol. The Morgan fingerprint density at radius 3 is 1.09 bits per heavy atom. The van der Waals surface area contributed by atoms with Crippen LogP contribution in [0.4, 0.5) is 0 Å². The van der Waals surface area contributed by atoms with Gasteiger partial charge < -0.3 is 21.3 Å². The summed E-state index contributed by atoms with van der Waals surface area (Å²) in [5.74, 6) is 5.78. The Morgan fingerprint density at radius 1 is 0.500 bits per heavy atom. The smallest absolute Gasteiger partial charge is 0.166 e. The van der Waals surface area contributed by atoms with E-state index in [0.717, 1.165) is 58.8 Å². The second-order valence-corrected chi connectivity index (χ2v) is 14.4. The molecule has 8 bridgehead atoms. The summed E-state index contributed by atoms with van der Waals surface area (Å²) in [5.41, 5.74) is 0.653. The maximum absolute atomic E-state index is 5.69. The lowest BCUT2D eigenvalue weighted by molar-refractivity contribution is -0.0103. The van der Waals surface area contributed by atoms with Crippen LogP contribution in [0.1, 0.15) is 103 Å². The summed E-state index contributed by atoms with van der Waals surface area (Å²) in [4.78, 5) is 0. The van der Waals surface area contributed by atoms with Gasteiger partial charge in [-0.3, -0.25) is 0 Å². The fraction of sp³-hybridized carbons (Fsp3) is 0.929. The molecular formula is C28H46N4S2. The SMILES string of the molecule is S=C(NCCCCCCNC(=S)NC12CC3CC(CC(C3)C1)C2)NC12CC3CC(CC(C3)C1)C2. The summed E-state index contributed by atoms with van der Waals surface area (Å²) in [6.07, 6.45) is 21.9. The van der Waals surface area contributed by atoms with Crippen LogP contribution in [-0.2, 0) is 0 Å². The van der Waals surface area contributed by atoms with Crippen LogP contribution in [0.2, 0.25) is 0 Å². The molecule has 8 saturated carbocycles. The standard InChI is InChI=1S/C28H46N4S2/c33-25(31-27-13-19-7-20(14-27)9-21(8-19)15-27)29-5-3-1-2-4-6-30-26(34)32-28-16-22-10-23(17-28)12-24(11-22)18-28/h19-24H,1-18H2,(H2,29,31,33)(H2,30,32,34). The van der Waals surface area contributed by atoms with Crippen LogP contribution < -0.4 is 21.3 Å². The van der Waals surface area contributed by atoms with Gasteiger partial charge in [-0.15, -0.1) is 0 Å². The molecule has 0 atom stereocenters. The molecule has 34 heavy (non-hydrogen) atoms. The molecule has 0 amide bonds. The third kappa shape index (κ3) is 5.23. The molecule has 0 aliphatic heterocycles. The van der Waals surface area contributed by atoms with Gasteiger partial charge in [0.15, 0.2) is 10.2 Å². The van der Waals surface area contributed by atoms with Gasteiger partial charge >= 0.3 is 0 Å².